The summed E-state index contributed by atoms with van der Waals surface area (Å²) in [6.45, 7) is 2.71. The third-order valence-corrected chi connectivity index (χ3v) is 2.91. The summed E-state index contributed by atoms with van der Waals surface area (Å²) >= 11 is 3.36. The van der Waals surface area contributed by atoms with Gasteiger partial charge in [-0.2, -0.15) is 5.10 Å². The van der Waals surface area contributed by atoms with Gasteiger partial charge in [0.05, 0.1) is 12.2 Å². The van der Waals surface area contributed by atoms with E-state index in [0.717, 1.165) is 15.9 Å². The molecule has 0 saturated carbocycles. The van der Waals surface area contributed by atoms with Crippen molar-refractivity contribution >= 4 is 15.9 Å². The van der Waals surface area contributed by atoms with Crippen LogP contribution >= 0.6 is 15.9 Å². The average molecular weight is 309 g/mol. The molecule has 0 spiro atoms. The zero-order valence-corrected chi connectivity index (χ0v) is 11.6. The Labute approximate surface area is 113 Å². The Morgan fingerprint density at radius 2 is 1.94 bits per heavy atom. The van der Waals surface area contributed by atoms with E-state index in [9.17, 15) is 4.79 Å². The van der Waals surface area contributed by atoms with Crippen molar-refractivity contribution < 1.29 is 4.74 Å². The van der Waals surface area contributed by atoms with Crippen molar-refractivity contribution in [1.29, 1.82) is 0 Å². The van der Waals surface area contributed by atoms with Crippen LogP contribution in [-0.2, 0) is 6.54 Å². The molecule has 4 nitrogen and oxygen atoms in total. The topological polar surface area (TPSA) is 44.1 Å². The highest BCUT2D eigenvalue weighted by Crippen LogP contribution is 2.15. The first-order chi connectivity index (χ1) is 8.65. The highest BCUT2D eigenvalue weighted by atomic mass is 79.9. The normalized spacial score (nSPS) is 10.3. The van der Waals surface area contributed by atoms with Crippen LogP contribution in [0.15, 0.2) is 45.7 Å². The molecule has 94 valence electrons. The lowest BCUT2D eigenvalue weighted by atomic mass is 10.3. The summed E-state index contributed by atoms with van der Waals surface area (Å²) in [5.41, 5.74) is 0.707. The van der Waals surface area contributed by atoms with Crippen LogP contribution in [0.2, 0.25) is 0 Å². The number of halogens is 1. The lowest BCUT2D eigenvalue weighted by Crippen LogP contribution is -2.25. The van der Waals surface area contributed by atoms with E-state index >= 15 is 0 Å². The predicted octanol–water partition coefficient (Wildman–Crippen LogP) is 2.39. The van der Waals surface area contributed by atoms with E-state index in [-0.39, 0.29) is 5.56 Å². The molecule has 1 aromatic heterocycles. The van der Waals surface area contributed by atoms with Crippen LogP contribution in [0.1, 0.15) is 5.69 Å². The van der Waals surface area contributed by atoms with Gasteiger partial charge < -0.3 is 4.74 Å². The Kier molecular flexibility index (Phi) is 4.15. The molecule has 2 rings (SSSR count). The molecule has 2 aromatic rings. The molecule has 0 unspecified atom stereocenters. The zero-order valence-electron chi connectivity index (χ0n) is 9.97. The molecule has 0 atom stereocenters. The average Bonchev–Trinajstić information content (AvgIpc) is 2.36. The Bertz CT molecular complexity index is 578. The SMILES string of the molecule is Cc1ccc(=O)n(CCOc2ccc(Br)cc2)n1. The molecular weight excluding hydrogens is 296 g/mol. The number of aryl methyl sites for hydroxylation is 1. The Hall–Kier alpha value is -1.62. The zero-order chi connectivity index (χ0) is 13.0. The second-order valence-corrected chi connectivity index (χ2v) is 4.75. The maximum absolute atomic E-state index is 11.5. The van der Waals surface area contributed by atoms with Gasteiger partial charge in [-0.25, -0.2) is 4.68 Å². The summed E-state index contributed by atoms with van der Waals surface area (Å²) < 4.78 is 7.96. The van der Waals surface area contributed by atoms with E-state index in [2.05, 4.69) is 21.0 Å². The van der Waals surface area contributed by atoms with Crippen LogP contribution in [0.3, 0.4) is 0 Å². The number of hydrogen-bond acceptors (Lipinski definition) is 3. The molecule has 5 heteroatoms. The molecule has 0 N–H and O–H groups in total. The number of rotatable bonds is 4. The first-order valence-electron chi connectivity index (χ1n) is 5.58. The van der Waals surface area contributed by atoms with Gasteiger partial charge in [0, 0.05) is 10.5 Å². The van der Waals surface area contributed by atoms with E-state index in [0.29, 0.717) is 13.2 Å². The standard InChI is InChI=1S/C13H13BrN2O2/c1-10-2-7-13(17)16(15-10)8-9-18-12-5-3-11(14)4-6-12/h2-7H,8-9H2,1H3. The van der Waals surface area contributed by atoms with Crippen molar-refractivity contribution in [2.45, 2.75) is 13.5 Å². The summed E-state index contributed by atoms with van der Waals surface area (Å²) in [7, 11) is 0. The van der Waals surface area contributed by atoms with Gasteiger partial charge in [-0.3, -0.25) is 4.79 Å². The highest BCUT2D eigenvalue weighted by Gasteiger charge is 1.99. The van der Waals surface area contributed by atoms with Crippen molar-refractivity contribution in [3.63, 3.8) is 0 Å². The molecule has 18 heavy (non-hydrogen) atoms. The molecule has 0 saturated heterocycles. The van der Waals surface area contributed by atoms with Gasteiger partial charge in [0.25, 0.3) is 5.56 Å². The minimum absolute atomic E-state index is 0.111. The van der Waals surface area contributed by atoms with E-state index in [1.54, 1.807) is 6.07 Å². The number of nitrogens with zero attached hydrogens (tertiary/aromatic N) is 2. The molecule has 0 aliphatic rings. The van der Waals surface area contributed by atoms with Crippen molar-refractivity contribution in [3.05, 3.63) is 56.9 Å². The van der Waals surface area contributed by atoms with Gasteiger partial charge in [-0.05, 0) is 37.3 Å². The third kappa shape index (κ3) is 3.43. The van der Waals surface area contributed by atoms with Gasteiger partial charge in [0.15, 0.2) is 0 Å². The van der Waals surface area contributed by atoms with Crippen LogP contribution in [-0.4, -0.2) is 16.4 Å². The van der Waals surface area contributed by atoms with Crippen molar-refractivity contribution in [1.82, 2.24) is 9.78 Å². The lowest BCUT2D eigenvalue weighted by Gasteiger charge is -2.07. The smallest absolute Gasteiger partial charge is 0.266 e. The highest BCUT2D eigenvalue weighted by molar-refractivity contribution is 9.10. The summed E-state index contributed by atoms with van der Waals surface area (Å²) in [4.78, 5) is 11.5. The molecule has 0 fully saturated rings. The van der Waals surface area contributed by atoms with E-state index in [1.165, 1.54) is 10.7 Å². The predicted molar refractivity (Wildman–Crippen MR) is 72.9 cm³/mol. The van der Waals surface area contributed by atoms with Gasteiger partial charge in [-0.1, -0.05) is 15.9 Å². The van der Waals surface area contributed by atoms with Crippen LogP contribution in [0, 0.1) is 6.92 Å². The minimum atomic E-state index is -0.111. The van der Waals surface area contributed by atoms with Crippen molar-refractivity contribution in [3.8, 4) is 5.75 Å². The molecule has 0 radical (unpaired) electrons. The van der Waals surface area contributed by atoms with E-state index in [1.807, 2.05) is 31.2 Å². The van der Waals surface area contributed by atoms with Crippen LogP contribution in [0.4, 0.5) is 0 Å². The molecule has 0 bridgehead atoms. The minimum Gasteiger partial charge on any atom is -0.492 e. The van der Waals surface area contributed by atoms with Gasteiger partial charge in [0.2, 0.25) is 0 Å². The first-order valence-corrected chi connectivity index (χ1v) is 6.37. The van der Waals surface area contributed by atoms with Gasteiger partial charge >= 0.3 is 0 Å². The number of aromatic nitrogens is 2. The largest absolute Gasteiger partial charge is 0.492 e. The van der Waals surface area contributed by atoms with Crippen molar-refractivity contribution in [2.75, 3.05) is 6.61 Å². The Morgan fingerprint density at radius 3 is 2.67 bits per heavy atom. The molecule has 1 heterocycles. The van der Waals surface area contributed by atoms with Crippen LogP contribution in [0.25, 0.3) is 0 Å². The fourth-order valence-corrected chi connectivity index (χ4v) is 1.76. The summed E-state index contributed by atoms with van der Waals surface area (Å²) in [6, 6.07) is 10.8. The second kappa shape index (κ2) is 5.82. The summed E-state index contributed by atoms with van der Waals surface area (Å²) in [5.74, 6) is 0.777. The number of ether oxygens (including phenoxy) is 1. The molecule has 0 aliphatic carbocycles. The fourth-order valence-electron chi connectivity index (χ4n) is 1.49. The maximum Gasteiger partial charge on any atom is 0.266 e. The van der Waals surface area contributed by atoms with Crippen molar-refractivity contribution in [2.24, 2.45) is 0 Å². The summed E-state index contributed by atoms with van der Waals surface area (Å²) in [5, 5.41) is 4.13. The van der Waals surface area contributed by atoms with Crippen LogP contribution in [0.5, 0.6) is 5.75 Å². The van der Waals surface area contributed by atoms with Gasteiger partial charge in [0.1, 0.15) is 12.4 Å². The third-order valence-electron chi connectivity index (χ3n) is 2.39. The quantitative estimate of drug-likeness (QED) is 0.871. The monoisotopic (exact) mass is 308 g/mol. The lowest BCUT2D eigenvalue weighted by molar-refractivity contribution is 0.287. The Balaban J connectivity index is 1.94. The number of hydrogen-bond donors (Lipinski definition) is 0. The van der Waals surface area contributed by atoms with Gasteiger partial charge in [-0.15, -0.1) is 0 Å². The van der Waals surface area contributed by atoms with Crippen LogP contribution < -0.4 is 10.3 Å². The molecular formula is C13H13BrN2O2. The second-order valence-electron chi connectivity index (χ2n) is 3.84. The maximum atomic E-state index is 11.5. The van der Waals surface area contributed by atoms with E-state index in [4.69, 9.17) is 4.74 Å². The molecule has 0 amide bonds. The molecule has 0 aliphatic heterocycles. The fraction of sp³-hybridized carbons (Fsp3) is 0.231. The number of benzene rings is 1. The van der Waals surface area contributed by atoms with E-state index < -0.39 is 0 Å². The summed E-state index contributed by atoms with van der Waals surface area (Å²) in [6.07, 6.45) is 0. The molecule has 1 aromatic carbocycles. The Morgan fingerprint density at radius 1 is 1.22 bits per heavy atom. The first kappa shape index (κ1) is 12.8.